The standard InChI is InChI=1S/C34H37Cl2FN6O2/c1-20-13-21(2)32(22(3)14-20)45-34(44)43(19-25-15-26(35)7-9-28(25)36)31-11-12-38-33(40-31)39-27-8-10-30(29(37)16-27)42-17-23(4)41(6)24(5)18-42/h7-16,23-24H,17-19H2,1-6H3,(H,38,39,40). The Morgan fingerprint density at radius 2 is 1.71 bits per heavy atom. The van der Waals surface area contributed by atoms with E-state index < -0.39 is 6.09 Å². The number of halogens is 3. The van der Waals surface area contributed by atoms with Gasteiger partial charge in [0, 0.05) is 47.1 Å². The molecule has 1 aromatic heterocycles. The highest BCUT2D eigenvalue weighted by molar-refractivity contribution is 6.33. The molecule has 4 aromatic rings. The van der Waals surface area contributed by atoms with E-state index >= 15 is 4.39 Å². The first-order valence-electron chi connectivity index (χ1n) is 14.8. The number of benzene rings is 3. The molecule has 1 saturated heterocycles. The molecule has 2 unspecified atom stereocenters. The topological polar surface area (TPSA) is 73.8 Å². The van der Waals surface area contributed by atoms with E-state index in [1.54, 1.807) is 36.4 Å². The lowest BCUT2D eigenvalue weighted by atomic mass is 10.1. The summed E-state index contributed by atoms with van der Waals surface area (Å²) in [5.41, 5.74) is 4.36. The molecule has 5 rings (SSSR count). The van der Waals surface area contributed by atoms with Crippen LogP contribution >= 0.6 is 23.2 Å². The average Bonchev–Trinajstić information content (AvgIpc) is 2.98. The number of nitrogens with zero attached hydrogens (tertiary/aromatic N) is 5. The van der Waals surface area contributed by atoms with Gasteiger partial charge in [-0.1, -0.05) is 40.9 Å². The van der Waals surface area contributed by atoms with Gasteiger partial charge < -0.3 is 15.0 Å². The second-order valence-corrected chi connectivity index (χ2v) is 12.6. The minimum absolute atomic E-state index is 0.0316. The van der Waals surface area contributed by atoms with Crippen LogP contribution in [0.15, 0.2) is 60.8 Å². The molecule has 1 amide bonds. The zero-order chi connectivity index (χ0) is 32.4. The largest absolute Gasteiger partial charge is 0.421 e. The molecule has 8 nitrogen and oxygen atoms in total. The summed E-state index contributed by atoms with van der Waals surface area (Å²) in [6.45, 7) is 11.6. The number of ether oxygens (including phenoxy) is 1. The van der Waals surface area contributed by atoms with Crippen LogP contribution in [0.1, 0.15) is 36.1 Å². The molecule has 0 radical (unpaired) electrons. The van der Waals surface area contributed by atoms with Crippen LogP contribution in [0.5, 0.6) is 5.75 Å². The van der Waals surface area contributed by atoms with E-state index in [9.17, 15) is 4.79 Å². The van der Waals surface area contributed by atoms with E-state index in [4.69, 9.17) is 27.9 Å². The summed E-state index contributed by atoms with van der Waals surface area (Å²) in [4.78, 5) is 28.4. The number of aryl methyl sites for hydroxylation is 3. The molecule has 1 aliphatic rings. The van der Waals surface area contributed by atoms with Crippen molar-refractivity contribution in [2.45, 2.75) is 53.2 Å². The summed E-state index contributed by atoms with van der Waals surface area (Å²) in [5.74, 6) is 0.567. The predicted octanol–water partition coefficient (Wildman–Crippen LogP) is 8.33. The van der Waals surface area contributed by atoms with E-state index in [2.05, 4.69) is 46.0 Å². The minimum Gasteiger partial charge on any atom is -0.409 e. The summed E-state index contributed by atoms with van der Waals surface area (Å²) in [6, 6.07) is 16.1. The number of carbonyl (C=O) groups is 1. The van der Waals surface area contributed by atoms with Crippen LogP contribution in [-0.4, -0.2) is 53.2 Å². The number of anilines is 4. The van der Waals surface area contributed by atoms with Crippen LogP contribution in [0, 0.1) is 26.6 Å². The van der Waals surface area contributed by atoms with Crippen molar-refractivity contribution >= 4 is 52.4 Å². The number of rotatable bonds is 7. The second-order valence-electron chi connectivity index (χ2n) is 11.7. The lowest BCUT2D eigenvalue weighted by Crippen LogP contribution is -2.55. The molecule has 2 atom stereocenters. The number of nitrogens with one attached hydrogen (secondary N) is 1. The molecular weight excluding hydrogens is 614 g/mol. The summed E-state index contributed by atoms with van der Waals surface area (Å²) in [6.07, 6.45) is 0.863. The summed E-state index contributed by atoms with van der Waals surface area (Å²) < 4.78 is 21.3. The Morgan fingerprint density at radius 1 is 1.02 bits per heavy atom. The highest BCUT2D eigenvalue weighted by Crippen LogP contribution is 2.30. The Labute approximate surface area is 273 Å². The smallest absolute Gasteiger partial charge is 0.409 e. The lowest BCUT2D eigenvalue weighted by Gasteiger charge is -2.43. The van der Waals surface area contributed by atoms with Crippen molar-refractivity contribution in [3.05, 3.63) is 98.9 Å². The lowest BCUT2D eigenvalue weighted by molar-refractivity contribution is 0.169. The molecule has 0 aliphatic carbocycles. The Bertz CT molecular complexity index is 1690. The van der Waals surface area contributed by atoms with E-state index in [0.29, 0.717) is 44.8 Å². The maximum Gasteiger partial charge on any atom is 0.421 e. The number of hydrogen-bond donors (Lipinski definition) is 1. The van der Waals surface area contributed by atoms with E-state index in [-0.39, 0.29) is 24.1 Å². The molecule has 11 heteroatoms. The zero-order valence-corrected chi connectivity index (χ0v) is 27.7. The number of piperazine rings is 1. The van der Waals surface area contributed by atoms with Gasteiger partial charge in [0.1, 0.15) is 17.4 Å². The quantitative estimate of drug-likeness (QED) is 0.215. The van der Waals surface area contributed by atoms with Crippen molar-refractivity contribution < 1.29 is 13.9 Å². The Balaban J connectivity index is 1.42. The van der Waals surface area contributed by atoms with Gasteiger partial charge in [-0.3, -0.25) is 9.80 Å². The normalized spacial score (nSPS) is 16.9. The number of aromatic nitrogens is 2. The van der Waals surface area contributed by atoms with Crippen molar-refractivity contribution in [1.29, 1.82) is 0 Å². The van der Waals surface area contributed by atoms with Gasteiger partial charge in [-0.05, 0) is 101 Å². The van der Waals surface area contributed by atoms with E-state index in [0.717, 1.165) is 29.8 Å². The molecule has 3 aromatic carbocycles. The van der Waals surface area contributed by atoms with Crippen molar-refractivity contribution in [2.75, 3.05) is 35.3 Å². The minimum atomic E-state index is -0.656. The van der Waals surface area contributed by atoms with Gasteiger partial charge in [-0.15, -0.1) is 0 Å². The first-order chi connectivity index (χ1) is 21.4. The number of amides is 1. The van der Waals surface area contributed by atoms with Crippen LogP contribution < -0.4 is 19.9 Å². The molecule has 1 aliphatic heterocycles. The average molecular weight is 652 g/mol. The predicted molar refractivity (Wildman–Crippen MR) is 180 cm³/mol. The van der Waals surface area contributed by atoms with Crippen molar-refractivity contribution in [2.24, 2.45) is 0 Å². The van der Waals surface area contributed by atoms with Gasteiger partial charge in [-0.25, -0.2) is 14.2 Å². The molecule has 0 spiro atoms. The van der Waals surface area contributed by atoms with Crippen LogP contribution in [0.2, 0.25) is 10.0 Å². The van der Waals surface area contributed by atoms with Gasteiger partial charge in [-0.2, -0.15) is 4.98 Å². The SMILES string of the molecule is Cc1cc(C)c(OC(=O)N(Cc2cc(Cl)ccc2Cl)c2ccnc(Nc3ccc(N4CC(C)N(C)C(C)C4)c(F)c3)n2)c(C)c1. The van der Waals surface area contributed by atoms with Crippen molar-refractivity contribution in [3.8, 4) is 5.75 Å². The summed E-state index contributed by atoms with van der Waals surface area (Å²) in [5, 5.41) is 3.99. The molecule has 1 N–H and O–H groups in total. The molecule has 1 fully saturated rings. The van der Waals surface area contributed by atoms with Crippen molar-refractivity contribution in [1.82, 2.24) is 14.9 Å². The molecule has 45 heavy (non-hydrogen) atoms. The third-order valence-corrected chi connectivity index (χ3v) is 8.78. The Morgan fingerprint density at radius 3 is 2.38 bits per heavy atom. The highest BCUT2D eigenvalue weighted by atomic mass is 35.5. The Hall–Kier alpha value is -3.92. The van der Waals surface area contributed by atoms with Gasteiger partial charge in [0.15, 0.2) is 0 Å². The fraction of sp³-hybridized carbons (Fsp3) is 0.324. The molecule has 236 valence electrons. The third kappa shape index (κ3) is 7.49. The monoisotopic (exact) mass is 650 g/mol. The summed E-state index contributed by atoms with van der Waals surface area (Å²) >= 11 is 12.7. The van der Waals surface area contributed by atoms with Gasteiger partial charge in [0.2, 0.25) is 5.95 Å². The fourth-order valence-corrected chi connectivity index (χ4v) is 6.05. The number of hydrogen-bond acceptors (Lipinski definition) is 7. The number of likely N-dealkylation sites (N-methyl/N-ethyl adjacent to an activating group) is 1. The number of carbonyl (C=O) groups excluding carboxylic acids is 1. The van der Waals surface area contributed by atoms with Crippen LogP contribution in [0.4, 0.5) is 32.3 Å². The molecule has 2 heterocycles. The second kappa shape index (κ2) is 13.6. The van der Waals surface area contributed by atoms with Gasteiger partial charge in [0.25, 0.3) is 0 Å². The van der Waals surface area contributed by atoms with Crippen LogP contribution in [-0.2, 0) is 6.54 Å². The fourth-order valence-electron chi connectivity index (χ4n) is 5.68. The molecule has 0 saturated carbocycles. The summed E-state index contributed by atoms with van der Waals surface area (Å²) in [7, 11) is 2.10. The van der Waals surface area contributed by atoms with Crippen LogP contribution in [0.3, 0.4) is 0 Å². The van der Waals surface area contributed by atoms with Gasteiger partial charge in [0.05, 0.1) is 12.2 Å². The highest BCUT2D eigenvalue weighted by Gasteiger charge is 2.28. The van der Waals surface area contributed by atoms with E-state index in [1.165, 1.54) is 17.2 Å². The van der Waals surface area contributed by atoms with Crippen LogP contribution in [0.25, 0.3) is 0 Å². The van der Waals surface area contributed by atoms with E-state index in [1.807, 2.05) is 32.9 Å². The third-order valence-electron chi connectivity index (χ3n) is 8.17. The molecule has 0 bridgehead atoms. The first kappa shape index (κ1) is 32.5. The Kier molecular flexibility index (Phi) is 9.82. The maximum atomic E-state index is 15.4. The zero-order valence-electron chi connectivity index (χ0n) is 26.2. The van der Waals surface area contributed by atoms with Gasteiger partial charge >= 0.3 is 6.09 Å². The molecular formula is C34H37Cl2FN6O2. The maximum absolute atomic E-state index is 15.4. The van der Waals surface area contributed by atoms with Crippen molar-refractivity contribution in [3.63, 3.8) is 0 Å². The first-order valence-corrected chi connectivity index (χ1v) is 15.5.